The summed E-state index contributed by atoms with van der Waals surface area (Å²) in [5, 5.41) is 36.8. The van der Waals surface area contributed by atoms with Crippen LogP contribution in [0.3, 0.4) is 0 Å². The smallest absolute Gasteiger partial charge is 0.235 e. The highest BCUT2D eigenvalue weighted by atomic mass is 16.3. The second-order valence-electron chi connectivity index (χ2n) is 10.9. The molecule has 12 heteroatoms. The molecule has 2 fully saturated rings. The van der Waals surface area contributed by atoms with Crippen molar-refractivity contribution in [2.45, 2.75) is 56.8 Å². The number of phenolic OH excluding ortho intramolecular Hbond substituents is 1. The molecule has 1 aromatic rings. The quantitative estimate of drug-likeness (QED) is 0.230. The summed E-state index contributed by atoms with van der Waals surface area (Å²) >= 11 is 0. The summed E-state index contributed by atoms with van der Waals surface area (Å²) in [5.74, 6) is -14.4. The number of primary amides is 1. The fraction of sp³-hybridized carbons (Fsp3) is 0.556. The predicted octanol–water partition coefficient (Wildman–Crippen LogP) is -0.472. The number of Topliss-reactive ketones (excluding diaryl/α,β-unsaturated/α-hetero) is 4. The van der Waals surface area contributed by atoms with E-state index in [4.69, 9.17) is 5.73 Å². The van der Waals surface area contributed by atoms with Gasteiger partial charge >= 0.3 is 0 Å². The molecule has 3 aliphatic rings. The number of anilines is 1. The van der Waals surface area contributed by atoms with Gasteiger partial charge in [-0.1, -0.05) is 26.3 Å². The van der Waals surface area contributed by atoms with Crippen molar-refractivity contribution >= 4 is 40.6 Å². The van der Waals surface area contributed by atoms with Crippen molar-refractivity contribution in [1.82, 2.24) is 4.90 Å². The number of hydrogen-bond donors (Lipinski definition) is 5. The molecule has 4 rings (SSSR count). The number of ketones is 4. The summed E-state index contributed by atoms with van der Waals surface area (Å²) in [5.41, 5.74) is 2.23. The van der Waals surface area contributed by atoms with Crippen LogP contribution >= 0.6 is 0 Å². The molecule has 1 aromatic carbocycles. The lowest BCUT2D eigenvalue weighted by atomic mass is 9.49. The Bertz CT molecular complexity index is 1290. The molecule has 0 aliphatic heterocycles. The Morgan fingerprint density at radius 2 is 1.77 bits per heavy atom. The lowest BCUT2D eigenvalue weighted by Crippen LogP contribution is -2.77. The van der Waals surface area contributed by atoms with Crippen molar-refractivity contribution in [1.29, 1.82) is 0 Å². The van der Waals surface area contributed by atoms with Crippen molar-refractivity contribution in [3.05, 3.63) is 23.3 Å². The third kappa shape index (κ3) is 4.00. The van der Waals surface area contributed by atoms with Crippen LogP contribution in [0.15, 0.2) is 12.1 Å². The van der Waals surface area contributed by atoms with Gasteiger partial charge in [0.05, 0.1) is 35.2 Å². The number of fused-ring (bicyclic) bond motifs is 3. The second-order valence-corrected chi connectivity index (χ2v) is 10.9. The first-order valence-electron chi connectivity index (χ1n) is 12.9. The van der Waals surface area contributed by atoms with Gasteiger partial charge in [0.2, 0.25) is 11.8 Å². The molecular formula is C27H33N3O9. The van der Waals surface area contributed by atoms with Gasteiger partial charge in [0.1, 0.15) is 5.75 Å². The molecule has 39 heavy (non-hydrogen) atoms. The van der Waals surface area contributed by atoms with E-state index in [1.54, 1.807) is 6.92 Å². The summed E-state index contributed by atoms with van der Waals surface area (Å²) in [4.78, 5) is 79.9. The van der Waals surface area contributed by atoms with Crippen LogP contribution in [0, 0.1) is 23.7 Å². The molecule has 12 nitrogen and oxygen atoms in total. The highest BCUT2D eigenvalue weighted by Crippen LogP contribution is 2.55. The molecule has 0 spiro atoms. The van der Waals surface area contributed by atoms with Gasteiger partial charge in [-0.3, -0.25) is 33.7 Å². The highest BCUT2D eigenvalue weighted by molar-refractivity contribution is 6.32. The monoisotopic (exact) mass is 543 g/mol. The summed E-state index contributed by atoms with van der Waals surface area (Å²) in [7, 11) is 2.86. The van der Waals surface area contributed by atoms with Crippen LogP contribution in [0.4, 0.5) is 5.69 Å². The molecule has 8 atom stereocenters. The van der Waals surface area contributed by atoms with E-state index in [0.717, 1.165) is 6.42 Å². The highest BCUT2D eigenvalue weighted by Gasteiger charge is 2.72. The number of likely N-dealkylation sites (N-methyl/N-ethyl adjacent to an activating group) is 1. The number of phenols is 1. The molecule has 2 saturated carbocycles. The molecule has 6 N–H and O–H groups in total. The summed E-state index contributed by atoms with van der Waals surface area (Å²) < 4.78 is 0. The molecule has 3 aliphatic carbocycles. The zero-order valence-electron chi connectivity index (χ0n) is 22.1. The van der Waals surface area contributed by atoms with Crippen LogP contribution < -0.4 is 11.1 Å². The fourth-order valence-electron chi connectivity index (χ4n) is 6.64. The number of nitrogens with zero attached hydrogens (tertiary/aromatic N) is 1. The van der Waals surface area contributed by atoms with E-state index >= 15 is 0 Å². The topological polar surface area (TPSA) is 204 Å². The second kappa shape index (κ2) is 9.92. The van der Waals surface area contributed by atoms with Crippen LogP contribution in [-0.2, 0) is 24.0 Å². The van der Waals surface area contributed by atoms with Gasteiger partial charge in [-0.15, -0.1) is 0 Å². The van der Waals surface area contributed by atoms with Gasteiger partial charge in [0.25, 0.3) is 0 Å². The first kappa shape index (κ1) is 28.5. The first-order valence-corrected chi connectivity index (χ1v) is 12.9. The van der Waals surface area contributed by atoms with E-state index in [2.05, 4.69) is 5.32 Å². The maximum Gasteiger partial charge on any atom is 0.235 e. The molecule has 0 radical (unpaired) electrons. The van der Waals surface area contributed by atoms with E-state index in [-0.39, 0.29) is 23.6 Å². The number of amides is 2. The average molecular weight is 544 g/mol. The number of aliphatic hydroxyl groups excluding tert-OH is 1. The van der Waals surface area contributed by atoms with Crippen molar-refractivity contribution in [3.8, 4) is 5.75 Å². The number of nitrogens with two attached hydrogens (primary N) is 1. The van der Waals surface area contributed by atoms with Gasteiger partial charge in [0.15, 0.2) is 34.7 Å². The van der Waals surface area contributed by atoms with E-state index in [0.29, 0.717) is 12.0 Å². The minimum Gasteiger partial charge on any atom is -0.505 e. The summed E-state index contributed by atoms with van der Waals surface area (Å²) in [6.45, 7) is 3.53. The Balaban J connectivity index is 1.85. The molecular weight excluding hydrogens is 510 g/mol. The number of nitrogens with one attached hydrogen (secondary N) is 1. The largest absolute Gasteiger partial charge is 0.505 e. The molecule has 210 valence electrons. The van der Waals surface area contributed by atoms with Crippen LogP contribution in [0.5, 0.6) is 5.75 Å². The Morgan fingerprint density at radius 3 is 2.33 bits per heavy atom. The molecule has 0 aromatic heterocycles. The number of hydrogen-bond acceptors (Lipinski definition) is 10. The number of aliphatic hydroxyl groups is 2. The number of aromatic hydroxyl groups is 1. The van der Waals surface area contributed by atoms with Crippen LogP contribution in [0.2, 0.25) is 0 Å². The molecule has 0 bridgehead atoms. The van der Waals surface area contributed by atoms with Crippen molar-refractivity contribution in [2.75, 3.05) is 19.4 Å². The van der Waals surface area contributed by atoms with Gasteiger partial charge in [0, 0.05) is 12.3 Å². The zero-order chi connectivity index (χ0) is 29.1. The normalized spacial score (nSPS) is 33.9. The number of benzene rings is 1. The standard InChI is InChI=1S/C27H33N3O9/c1-5-6-7-13(31)29-12-9-8-11-10(2)14-16(21(33)15(11)20(12)32)24(36)27(39)18(22(14)34)19(30(3)4)23(35)17(25(27)37)26(28)38/h8-10,14,16-19,22,32,34,39H,5-7H2,1-4H3,(H2,28,38)(H,29,31)/t10-,14+,16?,17?,18+,19-,22-,27-/m0/s1. The third-order valence-electron chi connectivity index (χ3n) is 8.52. The molecule has 2 amide bonds. The molecule has 2 unspecified atom stereocenters. The van der Waals surface area contributed by atoms with E-state index in [1.165, 1.54) is 31.1 Å². The Kier molecular flexibility index (Phi) is 7.26. The van der Waals surface area contributed by atoms with Crippen molar-refractivity contribution in [3.63, 3.8) is 0 Å². The maximum absolute atomic E-state index is 13.9. The van der Waals surface area contributed by atoms with Crippen molar-refractivity contribution in [2.24, 2.45) is 29.4 Å². The van der Waals surface area contributed by atoms with Crippen LogP contribution in [-0.4, -0.2) is 87.0 Å². The third-order valence-corrected chi connectivity index (χ3v) is 8.52. The van der Waals surface area contributed by atoms with Gasteiger partial charge in [-0.05, 0) is 38.1 Å². The number of unbranched alkanes of at least 4 members (excludes halogenated alkanes) is 1. The fourth-order valence-corrected chi connectivity index (χ4v) is 6.64. The lowest BCUT2D eigenvalue weighted by Gasteiger charge is -2.56. The van der Waals surface area contributed by atoms with Crippen LogP contribution in [0.1, 0.15) is 54.9 Å². The minimum absolute atomic E-state index is 0.0462. The van der Waals surface area contributed by atoms with E-state index in [1.807, 2.05) is 6.92 Å². The van der Waals surface area contributed by atoms with Gasteiger partial charge < -0.3 is 26.4 Å². The number of carbonyl (C=O) groups excluding carboxylic acids is 6. The Hall–Kier alpha value is -3.48. The number of rotatable bonds is 6. The summed E-state index contributed by atoms with van der Waals surface area (Å²) in [6, 6.07) is 1.50. The minimum atomic E-state index is -3.06. The van der Waals surface area contributed by atoms with Gasteiger partial charge in [-0.2, -0.15) is 0 Å². The summed E-state index contributed by atoms with van der Waals surface area (Å²) in [6.07, 6.45) is -0.127. The maximum atomic E-state index is 13.9. The van der Waals surface area contributed by atoms with E-state index < -0.39 is 82.1 Å². The number of carbonyl (C=O) groups is 6. The SMILES string of the molecule is CCCCC(=O)Nc1ccc2c(c1O)C(=O)C1C(=O)[C@]3(O)C(=O)C(C(N)=O)C(=O)[C@@H](N(C)C)[C@@H]3[C@@H](O)[C@@H]1[C@H]2C. The van der Waals surface area contributed by atoms with Gasteiger partial charge in [-0.25, -0.2) is 0 Å². The molecule has 0 heterocycles. The predicted molar refractivity (Wildman–Crippen MR) is 136 cm³/mol. The zero-order valence-corrected chi connectivity index (χ0v) is 22.1. The Morgan fingerprint density at radius 1 is 1.13 bits per heavy atom. The van der Waals surface area contributed by atoms with Crippen LogP contribution in [0.25, 0.3) is 0 Å². The molecule has 0 saturated heterocycles. The average Bonchev–Trinajstić information content (AvgIpc) is 2.85. The first-order chi connectivity index (χ1) is 18.2. The van der Waals surface area contributed by atoms with E-state index in [9.17, 15) is 44.1 Å². The van der Waals surface area contributed by atoms with Crippen molar-refractivity contribution < 1.29 is 44.1 Å². The Labute approximate surface area is 224 Å². The lowest BCUT2D eigenvalue weighted by molar-refractivity contribution is -0.196.